The molecule has 2 nitrogen and oxygen atoms in total. The lowest BCUT2D eigenvalue weighted by atomic mass is 9.78. The van der Waals surface area contributed by atoms with E-state index < -0.39 is 0 Å². The molecule has 0 amide bonds. The van der Waals surface area contributed by atoms with Gasteiger partial charge in [-0.2, -0.15) is 0 Å². The van der Waals surface area contributed by atoms with Gasteiger partial charge in [0, 0.05) is 32.8 Å². The third-order valence-electron chi connectivity index (χ3n) is 7.67. The first-order chi connectivity index (χ1) is 12.8. The number of methoxy groups -OCH3 is 2. The molecule has 2 heteroatoms. The third-order valence-corrected chi connectivity index (χ3v) is 7.67. The van der Waals surface area contributed by atoms with E-state index in [1.807, 2.05) is 14.2 Å². The molecular weight excluding hydrogens is 320 g/mol. The normalized spacial score (nSPS) is 36.1. The smallest absolute Gasteiger partial charge is 0.0496 e. The van der Waals surface area contributed by atoms with Crippen molar-refractivity contribution in [2.75, 3.05) is 27.4 Å². The zero-order chi connectivity index (χ0) is 17.7. The lowest BCUT2D eigenvalue weighted by Crippen LogP contribution is -2.30. The van der Waals surface area contributed by atoms with Crippen molar-refractivity contribution in [1.82, 2.24) is 0 Å². The van der Waals surface area contributed by atoms with Crippen molar-refractivity contribution in [2.24, 2.45) is 35.5 Å². The molecule has 0 spiro atoms. The second-order valence-corrected chi connectivity index (χ2v) is 8.45. The summed E-state index contributed by atoms with van der Waals surface area (Å²) < 4.78 is 11.3. The van der Waals surface area contributed by atoms with Crippen molar-refractivity contribution >= 4 is 0 Å². The van der Waals surface area contributed by atoms with Gasteiger partial charge in [0.15, 0.2) is 0 Å². The average Bonchev–Trinajstić information content (AvgIpc) is 3.09. The number of ether oxygens (including phenoxy) is 2. The van der Waals surface area contributed by atoms with Crippen LogP contribution in [0.15, 0.2) is 60.7 Å². The molecule has 0 aromatic heterocycles. The van der Waals surface area contributed by atoms with Crippen molar-refractivity contribution < 1.29 is 9.47 Å². The van der Waals surface area contributed by atoms with Crippen molar-refractivity contribution in [3.63, 3.8) is 0 Å². The van der Waals surface area contributed by atoms with Gasteiger partial charge in [-0.05, 0) is 53.1 Å². The average molecular weight is 348 g/mol. The fourth-order valence-corrected chi connectivity index (χ4v) is 7.02. The number of rotatable bonds is 6. The molecule has 3 fully saturated rings. The van der Waals surface area contributed by atoms with E-state index in [2.05, 4.69) is 60.7 Å². The molecule has 0 radical (unpaired) electrons. The summed E-state index contributed by atoms with van der Waals surface area (Å²) in [5, 5.41) is 0. The van der Waals surface area contributed by atoms with Crippen molar-refractivity contribution in [3.05, 3.63) is 71.8 Å². The summed E-state index contributed by atoms with van der Waals surface area (Å²) in [6.45, 7) is 1.75. The van der Waals surface area contributed by atoms with Gasteiger partial charge in [-0.1, -0.05) is 60.7 Å². The molecule has 5 rings (SSSR count). The summed E-state index contributed by atoms with van der Waals surface area (Å²) in [5.74, 6) is 4.30. The van der Waals surface area contributed by atoms with Gasteiger partial charge in [0.2, 0.25) is 0 Å². The van der Waals surface area contributed by atoms with Crippen LogP contribution < -0.4 is 0 Å². The zero-order valence-corrected chi connectivity index (χ0v) is 15.7. The second kappa shape index (κ2) is 6.21. The molecule has 2 bridgehead atoms. The Hall–Kier alpha value is -1.64. The van der Waals surface area contributed by atoms with Crippen LogP contribution in [-0.2, 0) is 14.9 Å². The lowest BCUT2D eigenvalue weighted by Gasteiger charge is -2.29. The second-order valence-electron chi connectivity index (χ2n) is 8.45. The largest absolute Gasteiger partial charge is 0.384 e. The summed E-state index contributed by atoms with van der Waals surface area (Å²) in [7, 11) is 3.70. The maximum atomic E-state index is 5.65. The van der Waals surface area contributed by atoms with Gasteiger partial charge >= 0.3 is 0 Å². The Morgan fingerprint density at radius 2 is 1.15 bits per heavy atom. The SMILES string of the molecule is COC[C@@H]1[C@H](COC)[C@H]2C[C@@H]1[C@H]1[C@@H]2C1(c1ccccc1)c1ccccc1. The van der Waals surface area contributed by atoms with Crippen molar-refractivity contribution in [2.45, 2.75) is 11.8 Å². The molecular formula is C24H28O2. The highest BCUT2D eigenvalue weighted by molar-refractivity contribution is 5.52. The summed E-state index contributed by atoms with van der Waals surface area (Å²) in [6.07, 6.45) is 1.36. The van der Waals surface area contributed by atoms with E-state index in [9.17, 15) is 0 Å². The van der Waals surface area contributed by atoms with Crippen LogP contribution in [0.1, 0.15) is 17.5 Å². The molecule has 2 aromatic rings. The minimum atomic E-state index is 0.199. The molecule has 136 valence electrons. The van der Waals surface area contributed by atoms with Gasteiger partial charge < -0.3 is 9.47 Å². The fraction of sp³-hybridized carbons (Fsp3) is 0.500. The highest BCUT2D eigenvalue weighted by Crippen LogP contribution is 2.80. The molecule has 3 saturated carbocycles. The molecule has 3 aliphatic rings. The predicted molar refractivity (Wildman–Crippen MR) is 103 cm³/mol. The molecule has 0 heterocycles. The predicted octanol–water partition coefficient (Wildman–Crippen LogP) is 4.39. The Kier molecular flexibility index (Phi) is 3.95. The number of benzene rings is 2. The summed E-state index contributed by atoms with van der Waals surface area (Å²) in [5.41, 5.74) is 3.21. The minimum Gasteiger partial charge on any atom is -0.384 e. The lowest BCUT2D eigenvalue weighted by molar-refractivity contribution is 0.0373. The minimum absolute atomic E-state index is 0.199. The van der Waals surface area contributed by atoms with E-state index >= 15 is 0 Å². The van der Waals surface area contributed by atoms with E-state index in [1.165, 1.54) is 17.5 Å². The molecule has 0 saturated heterocycles. The Labute approximate surface area is 156 Å². The molecule has 0 N–H and O–H groups in total. The van der Waals surface area contributed by atoms with E-state index in [1.54, 1.807) is 0 Å². The highest BCUT2D eigenvalue weighted by Gasteiger charge is 2.79. The first kappa shape index (κ1) is 16.5. The van der Waals surface area contributed by atoms with Crippen LogP contribution in [0.25, 0.3) is 0 Å². The Balaban J connectivity index is 1.60. The van der Waals surface area contributed by atoms with Crippen molar-refractivity contribution in [1.29, 1.82) is 0 Å². The summed E-state index contributed by atoms with van der Waals surface area (Å²) in [6, 6.07) is 22.5. The monoisotopic (exact) mass is 348 g/mol. The van der Waals surface area contributed by atoms with Crippen molar-refractivity contribution in [3.8, 4) is 0 Å². The van der Waals surface area contributed by atoms with Gasteiger partial charge in [0.25, 0.3) is 0 Å². The van der Waals surface area contributed by atoms with Crippen LogP contribution in [0, 0.1) is 35.5 Å². The standard InChI is InChI=1S/C24H28O2/c1-25-14-20-18-13-19(21(20)15-26-2)23-22(18)24(23,16-9-5-3-6-10-16)17-11-7-4-8-12-17/h3-12,18-23H,13-15H2,1-2H3/t18-,19+,20-,21+,22-,23+. The van der Waals surface area contributed by atoms with Crippen LogP contribution in [0.4, 0.5) is 0 Å². The number of hydrogen-bond donors (Lipinski definition) is 0. The number of hydrogen-bond acceptors (Lipinski definition) is 2. The first-order valence-electron chi connectivity index (χ1n) is 9.93. The van der Waals surface area contributed by atoms with E-state index in [4.69, 9.17) is 9.47 Å². The quantitative estimate of drug-likeness (QED) is 0.771. The van der Waals surface area contributed by atoms with Gasteiger partial charge in [-0.15, -0.1) is 0 Å². The molecule has 26 heavy (non-hydrogen) atoms. The van der Waals surface area contributed by atoms with Crippen LogP contribution >= 0.6 is 0 Å². The van der Waals surface area contributed by atoms with Crippen LogP contribution in [0.2, 0.25) is 0 Å². The van der Waals surface area contributed by atoms with E-state index in [-0.39, 0.29) is 5.41 Å². The molecule has 3 aliphatic carbocycles. The third kappa shape index (κ3) is 2.06. The maximum Gasteiger partial charge on any atom is 0.0496 e. The molecule has 2 aromatic carbocycles. The van der Waals surface area contributed by atoms with Crippen LogP contribution in [0.3, 0.4) is 0 Å². The first-order valence-corrected chi connectivity index (χ1v) is 9.93. The number of fused-ring (bicyclic) bond motifs is 5. The zero-order valence-electron chi connectivity index (χ0n) is 15.7. The molecule has 6 atom stereocenters. The van der Waals surface area contributed by atoms with Gasteiger partial charge in [-0.3, -0.25) is 0 Å². The maximum absolute atomic E-state index is 5.65. The van der Waals surface area contributed by atoms with E-state index in [0.717, 1.165) is 36.9 Å². The highest BCUT2D eigenvalue weighted by atomic mass is 16.5. The molecule has 0 unspecified atom stereocenters. The van der Waals surface area contributed by atoms with Gasteiger partial charge in [-0.25, -0.2) is 0 Å². The summed E-state index contributed by atoms with van der Waals surface area (Å²) in [4.78, 5) is 0. The Morgan fingerprint density at radius 3 is 1.54 bits per heavy atom. The summed E-state index contributed by atoms with van der Waals surface area (Å²) >= 11 is 0. The Bertz CT molecular complexity index is 691. The van der Waals surface area contributed by atoms with Crippen LogP contribution in [0.5, 0.6) is 0 Å². The van der Waals surface area contributed by atoms with E-state index in [0.29, 0.717) is 11.8 Å². The van der Waals surface area contributed by atoms with Gasteiger partial charge in [0.1, 0.15) is 0 Å². The molecule has 0 aliphatic heterocycles. The van der Waals surface area contributed by atoms with Gasteiger partial charge in [0.05, 0.1) is 0 Å². The topological polar surface area (TPSA) is 18.5 Å². The van der Waals surface area contributed by atoms with Crippen LogP contribution in [-0.4, -0.2) is 27.4 Å². The fourth-order valence-electron chi connectivity index (χ4n) is 7.02. The Morgan fingerprint density at radius 1 is 0.731 bits per heavy atom.